The summed E-state index contributed by atoms with van der Waals surface area (Å²) in [5, 5.41) is 0. The van der Waals surface area contributed by atoms with Crippen LogP contribution in [0.2, 0.25) is 0 Å². The third-order valence-corrected chi connectivity index (χ3v) is 4.59. The molecule has 0 amide bonds. The maximum Gasteiger partial charge on any atom is 0.178 e. The first-order valence-corrected chi connectivity index (χ1v) is 8.78. The Morgan fingerprint density at radius 2 is 1.88 bits per heavy atom. The van der Waals surface area contributed by atoms with Gasteiger partial charge in [0, 0.05) is 35.1 Å². The number of ketones is 1. The van der Waals surface area contributed by atoms with Crippen LogP contribution in [0.15, 0.2) is 24.3 Å². The molecule has 4 nitrogen and oxygen atoms in total. The van der Waals surface area contributed by atoms with Crippen molar-refractivity contribution in [2.75, 3.05) is 20.7 Å². The molecule has 0 fully saturated rings. The minimum atomic E-state index is 0.161. The Balaban J connectivity index is 2.14. The third-order valence-electron chi connectivity index (χ3n) is 4.59. The number of aromatic nitrogens is 1. The van der Waals surface area contributed by atoms with E-state index in [2.05, 4.69) is 38.3 Å². The zero-order valence-corrected chi connectivity index (χ0v) is 16.5. The van der Waals surface area contributed by atoms with E-state index < -0.39 is 0 Å². The maximum absolute atomic E-state index is 12.8. The van der Waals surface area contributed by atoms with E-state index in [4.69, 9.17) is 4.74 Å². The molecule has 0 N–H and O–H groups in total. The molecule has 4 heteroatoms. The molecular formula is C21H30N2O2. The Morgan fingerprint density at radius 3 is 2.44 bits per heavy atom. The lowest BCUT2D eigenvalue weighted by atomic mass is 10.1. The van der Waals surface area contributed by atoms with Crippen LogP contribution in [-0.2, 0) is 6.54 Å². The molecular weight excluding hydrogens is 312 g/mol. The number of Topliss-reactive ketones (excluding diaryl/α,β-unsaturated/α-hetero) is 1. The molecule has 0 aliphatic rings. The van der Waals surface area contributed by atoms with Crippen LogP contribution >= 0.6 is 0 Å². The number of rotatable bonds is 7. The highest BCUT2D eigenvalue weighted by Gasteiger charge is 2.19. The highest BCUT2D eigenvalue weighted by molar-refractivity contribution is 5.99. The van der Waals surface area contributed by atoms with Crippen LogP contribution in [0.3, 0.4) is 0 Å². The molecule has 0 unspecified atom stereocenters. The minimum Gasteiger partial charge on any atom is -0.496 e. The first kappa shape index (κ1) is 19.3. The quantitative estimate of drug-likeness (QED) is 0.703. The van der Waals surface area contributed by atoms with Gasteiger partial charge in [-0.05, 0) is 53.8 Å². The summed E-state index contributed by atoms with van der Waals surface area (Å²) in [6.07, 6.45) is 0. The average molecular weight is 342 g/mol. The van der Waals surface area contributed by atoms with Crippen molar-refractivity contribution in [2.45, 2.75) is 47.2 Å². The van der Waals surface area contributed by atoms with E-state index in [9.17, 15) is 4.79 Å². The summed E-state index contributed by atoms with van der Waals surface area (Å²) in [4.78, 5) is 14.8. The summed E-state index contributed by atoms with van der Waals surface area (Å²) < 4.78 is 7.66. The van der Waals surface area contributed by atoms with Crippen molar-refractivity contribution >= 4 is 5.78 Å². The van der Waals surface area contributed by atoms with Gasteiger partial charge < -0.3 is 9.30 Å². The monoisotopic (exact) mass is 342 g/mol. The lowest BCUT2D eigenvalue weighted by Crippen LogP contribution is -2.26. The molecule has 0 saturated heterocycles. The normalized spacial score (nSPS) is 11.4. The topological polar surface area (TPSA) is 34.5 Å². The Bertz CT molecular complexity index is 759. The first-order chi connectivity index (χ1) is 11.7. The lowest BCUT2D eigenvalue weighted by molar-refractivity contribution is 0.0942. The molecule has 0 bridgehead atoms. The smallest absolute Gasteiger partial charge is 0.178 e. The van der Waals surface area contributed by atoms with E-state index in [1.807, 2.05) is 37.1 Å². The lowest BCUT2D eigenvalue weighted by Gasteiger charge is -2.18. The Labute approximate surface area is 151 Å². The second kappa shape index (κ2) is 7.87. The zero-order valence-electron chi connectivity index (χ0n) is 16.5. The van der Waals surface area contributed by atoms with Crippen molar-refractivity contribution in [2.24, 2.45) is 0 Å². The summed E-state index contributed by atoms with van der Waals surface area (Å²) in [6, 6.07) is 8.50. The van der Waals surface area contributed by atoms with Crippen LogP contribution in [0.25, 0.3) is 0 Å². The van der Waals surface area contributed by atoms with Gasteiger partial charge in [-0.15, -0.1) is 0 Å². The Morgan fingerprint density at radius 1 is 1.20 bits per heavy atom. The number of carbonyl (C=O) groups excluding carboxylic acids is 1. The number of methoxy groups -OCH3 is 1. The molecule has 0 atom stereocenters. The molecule has 2 rings (SSSR count). The van der Waals surface area contributed by atoms with E-state index in [-0.39, 0.29) is 5.78 Å². The molecule has 1 aromatic carbocycles. The van der Waals surface area contributed by atoms with Gasteiger partial charge in [-0.25, -0.2) is 0 Å². The number of hydrogen-bond donors (Lipinski definition) is 0. The number of likely N-dealkylation sites (N-methyl/N-ethyl adjacent to an activating group) is 1. The predicted molar refractivity (Wildman–Crippen MR) is 103 cm³/mol. The van der Waals surface area contributed by atoms with E-state index in [0.717, 1.165) is 28.3 Å². The fourth-order valence-electron chi connectivity index (χ4n) is 3.56. The zero-order chi connectivity index (χ0) is 18.7. The Kier molecular flexibility index (Phi) is 6.07. The van der Waals surface area contributed by atoms with E-state index in [1.165, 1.54) is 5.56 Å². The van der Waals surface area contributed by atoms with Crippen molar-refractivity contribution in [1.82, 2.24) is 9.47 Å². The second-order valence-corrected chi connectivity index (χ2v) is 7.16. The number of hydrogen-bond acceptors (Lipinski definition) is 3. The van der Waals surface area contributed by atoms with E-state index in [1.54, 1.807) is 7.11 Å². The number of carbonyl (C=O) groups is 1. The largest absolute Gasteiger partial charge is 0.496 e. The summed E-state index contributed by atoms with van der Waals surface area (Å²) in [6.45, 7) is 11.5. The van der Waals surface area contributed by atoms with Gasteiger partial charge in [-0.2, -0.15) is 0 Å². The minimum absolute atomic E-state index is 0.161. The van der Waals surface area contributed by atoms with E-state index in [0.29, 0.717) is 19.1 Å². The number of benzene rings is 1. The predicted octanol–water partition coefficient (Wildman–Crippen LogP) is 4.32. The van der Waals surface area contributed by atoms with Crippen LogP contribution in [0.1, 0.15) is 52.8 Å². The van der Waals surface area contributed by atoms with Crippen molar-refractivity contribution in [3.63, 3.8) is 0 Å². The van der Waals surface area contributed by atoms with Crippen molar-refractivity contribution < 1.29 is 9.53 Å². The van der Waals surface area contributed by atoms with Crippen LogP contribution in [0, 0.1) is 20.8 Å². The number of nitrogens with zero attached hydrogens (tertiary/aromatic N) is 2. The SMILES string of the molecule is COc1ccc(C)cc1CN(C)CC(=O)c1cc(C)n(C(C)C)c1C. The summed E-state index contributed by atoms with van der Waals surface area (Å²) in [5.41, 5.74) is 5.31. The standard InChI is InChI=1S/C21H30N2O2/c1-14(2)23-16(4)11-19(17(23)5)20(24)13-22(6)12-18-10-15(3)8-9-21(18)25-7/h8-11,14H,12-13H2,1-7H3. The van der Waals surface area contributed by atoms with Gasteiger partial charge in [-0.3, -0.25) is 9.69 Å². The highest BCUT2D eigenvalue weighted by atomic mass is 16.5. The summed E-state index contributed by atoms with van der Waals surface area (Å²) >= 11 is 0. The van der Waals surface area contributed by atoms with Crippen LogP contribution < -0.4 is 4.74 Å². The molecule has 2 aromatic rings. The van der Waals surface area contributed by atoms with Crippen molar-refractivity contribution in [3.8, 4) is 5.75 Å². The molecule has 0 spiro atoms. The fourth-order valence-corrected chi connectivity index (χ4v) is 3.56. The molecule has 0 saturated carbocycles. The molecule has 136 valence electrons. The highest BCUT2D eigenvalue weighted by Crippen LogP contribution is 2.23. The van der Waals surface area contributed by atoms with E-state index >= 15 is 0 Å². The van der Waals surface area contributed by atoms with Gasteiger partial charge >= 0.3 is 0 Å². The van der Waals surface area contributed by atoms with Gasteiger partial charge in [0.05, 0.1) is 13.7 Å². The van der Waals surface area contributed by atoms with Crippen LogP contribution in [0.4, 0.5) is 0 Å². The first-order valence-electron chi connectivity index (χ1n) is 8.78. The number of aryl methyl sites for hydroxylation is 2. The third kappa shape index (κ3) is 4.31. The molecule has 0 aliphatic heterocycles. The van der Waals surface area contributed by atoms with Gasteiger partial charge in [0.15, 0.2) is 5.78 Å². The van der Waals surface area contributed by atoms with Crippen molar-refractivity contribution in [1.29, 1.82) is 0 Å². The molecule has 1 aromatic heterocycles. The van der Waals surface area contributed by atoms with Crippen LogP contribution in [-0.4, -0.2) is 36.0 Å². The fraction of sp³-hybridized carbons (Fsp3) is 0.476. The number of ether oxygens (including phenoxy) is 1. The average Bonchev–Trinajstić information content (AvgIpc) is 2.82. The molecule has 1 heterocycles. The Hall–Kier alpha value is -2.07. The molecule has 25 heavy (non-hydrogen) atoms. The van der Waals surface area contributed by atoms with Gasteiger partial charge in [0.1, 0.15) is 5.75 Å². The second-order valence-electron chi connectivity index (χ2n) is 7.16. The van der Waals surface area contributed by atoms with Gasteiger partial charge in [0.2, 0.25) is 0 Å². The van der Waals surface area contributed by atoms with Crippen molar-refractivity contribution in [3.05, 3.63) is 52.3 Å². The summed E-state index contributed by atoms with van der Waals surface area (Å²) in [5.74, 6) is 1.03. The molecule has 0 aliphatic carbocycles. The maximum atomic E-state index is 12.8. The van der Waals surface area contributed by atoms with Gasteiger partial charge in [0.25, 0.3) is 0 Å². The van der Waals surface area contributed by atoms with Crippen LogP contribution in [0.5, 0.6) is 5.75 Å². The molecule has 0 radical (unpaired) electrons. The van der Waals surface area contributed by atoms with Gasteiger partial charge in [-0.1, -0.05) is 17.7 Å². The summed E-state index contributed by atoms with van der Waals surface area (Å²) in [7, 11) is 3.65.